The number of hydrogen-bond donors (Lipinski definition) is 1. The third-order valence-electron chi connectivity index (χ3n) is 3.39. The maximum absolute atomic E-state index is 5.71. The standard InChI is InChI=1S/C15H22N2.2ClH/c1-13(9-14-5-3-2-4-6-14)11-17-8-7-15(10-16)12-17;;/h2-6,9,15H,7-8,10-12,16H2,1H3;2*1H. The van der Waals surface area contributed by atoms with Crippen molar-refractivity contribution in [1.82, 2.24) is 4.90 Å². The molecule has 2 rings (SSSR count). The fraction of sp³-hybridized carbons (Fsp3) is 0.467. The number of likely N-dealkylation sites (tertiary alicyclic amines) is 1. The van der Waals surface area contributed by atoms with Gasteiger partial charge in [0.2, 0.25) is 0 Å². The lowest BCUT2D eigenvalue weighted by atomic mass is 10.1. The quantitative estimate of drug-likeness (QED) is 0.925. The second-order valence-corrected chi connectivity index (χ2v) is 5.03. The van der Waals surface area contributed by atoms with Gasteiger partial charge in [-0.2, -0.15) is 0 Å². The smallest absolute Gasteiger partial charge is 0.0193 e. The molecule has 1 unspecified atom stereocenters. The molecule has 2 N–H and O–H groups in total. The monoisotopic (exact) mass is 302 g/mol. The summed E-state index contributed by atoms with van der Waals surface area (Å²) >= 11 is 0. The van der Waals surface area contributed by atoms with E-state index in [2.05, 4.69) is 48.2 Å². The number of benzene rings is 1. The van der Waals surface area contributed by atoms with Crippen LogP contribution >= 0.6 is 24.8 Å². The minimum absolute atomic E-state index is 0. The van der Waals surface area contributed by atoms with Crippen LogP contribution in [0, 0.1) is 5.92 Å². The second-order valence-electron chi connectivity index (χ2n) is 5.03. The first-order valence-electron chi connectivity index (χ1n) is 6.42. The summed E-state index contributed by atoms with van der Waals surface area (Å²) in [6.07, 6.45) is 3.53. The summed E-state index contributed by atoms with van der Waals surface area (Å²) in [5, 5.41) is 0. The molecule has 1 heterocycles. The summed E-state index contributed by atoms with van der Waals surface area (Å²) in [7, 11) is 0. The molecule has 1 fully saturated rings. The van der Waals surface area contributed by atoms with Gasteiger partial charge in [0.25, 0.3) is 0 Å². The van der Waals surface area contributed by atoms with Crippen LogP contribution in [0.2, 0.25) is 0 Å². The van der Waals surface area contributed by atoms with E-state index >= 15 is 0 Å². The van der Waals surface area contributed by atoms with Crippen molar-refractivity contribution in [2.24, 2.45) is 11.7 Å². The number of hydrogen-bond acceptors (Lipinski definition) is 2. The van der Waals surface area contributed by atoms with Crippen LogP contribution in [0.25, 0.3) is 6.08 Å². The highest BCUT2D eigenvalue weighted by atomic mass is 35.5. The number of nitrogens with two attached hydrogens (primary N) is 1. The average molecular weight is 303 g/mol. The summed E-state index contributed by atoms with van der Waals surface area (Å²) in [5.74, 6) is 0.708. The van der Waals surface area contributed by atoms with Crippen LogP contribution in [0.5, 0.6) is 0 Å². The molecule has 19 heavy (non-hydrogen) atoms. The van der Waals surface area contributed by atoms with E-state index in [-0.39, 0.29) is 24.8 Å². The van der Waals surface area contributed by atoms with Crippen molar-refractivity contribution in [3.63, 3.8) is 0 Å². The molecule has 1 aromatic rings. The Morgan fingerprint density at radius 2 is 2.00 bits per heavy atom. The van der Waals surface area contributed by atoms with Crippen molar-refractivity contribution in [2.75, 3.05) is 26.2 Å². The predicted octanol–water partition coefficient (Wildman–Crippen LogP) is 3.21. The van der Waals surface area contributed by atoms with E-state index in [0.717, 1.165) is 19.6 Å². The molecule has 1 aliphatic rings. The predicted molar refractivity (Wildman–Crippen MR) is 88.2 cm³/mol. The lowest BCUT2D eigenvalue weighted by molar-refractivity contribution is 0.353. The molecule has 1 saturated heterocycles. The van der Waals surface area contributed by atoms with Gasteiger partial charge in [-0.3, -0.25) is 4.90 Å². The first-order valence-corrected chi connectivity index (χ1v) is 6.42. The molecule has 0 radical (unpaired) electrons. The van der Waals surface area contributed by atoms with Gasteiger partial charge in [-0.05, 0) is 37.9 Å². The molecule has 1 atom stereocenters. The van der Waals surface area contributed by atoms with Crippen LogP contribution in [0.15, 0.2) is 35.9 Å². The Morgan fingerprint density at radius 3 is 2.58 bits per heavy atom. The minimum atomic E-state index is 0. The van der Waals surface area contributed by atoms with Crippen LogP contribution in [-0.2, 0) is 0 Å². The van der Waals surface area contributed by atoms with Gasteiger partial charge in [0.1, 0.15) is 0 Å². The molecule has 1 aromatic carbocycles. The lowest BCUT2D eigenvalue weighted by Crippen LogP contribution is -2.24. The summed E-state index contributed by atoms with van der Waals surface area (Å²) in [4.78, 5) is 2.51. The highest BCUT2D eigenvalue weighted by Crippen LogP contribution is 2.16. The largest absolute Gasteiger partial charge is 0.330 e. The van der Waals surface area contributed by atoms with E-state index < -0.39 is 0 Å². The molecule has 0 bridgehead atoms. The Morgan fingerprint density at radius 1 is 1.32 bits per heavy atom. The minimum Gasteiger partial charge on any atom is -0.330 e. The first-order chi connectivity index (χ1) is 8.28. The fourth-order valence-electron chi connectivity index (χ4n) is 2.48. The van der Waals surface area contributed by atoms with Crippen LogP contribution in [0.3, 0.4) is 0 Å². The lowest BCUT2D eigenvalue weighted by Gasteiger charge is -2.16. The SMILES string of the molecule is CC(=Cc1ccccc1)CN1CCC(CN)C1.Cl.Cl. The van der Waals surface area contributed by atoms with E-state index in [9.17, 15) is 0 Å². The molecule has 4 heteroatoms. The third kappa shape index (κ3) is 5.96. The van der Waals surface area contributed by atoms with Gasteiger partial charge in [0.05, 0.1) is 0 Å². The zero-order valence-corrected chi connectivity index (χ0v) is 13.1. The van der Waals surface area contributed by atoms with Crippen molar-refractivity contribution in [3.05, 3.63) is 41.5 Å². The maximum Gasteiger partial charge on any atom is 0.0193 e. The third-order valence-corrected chi connectivity index (χ3v) is 3.39. The van der Waals surface area contributed by atoms with Crippen molar-refractivity contribution < 1.29 is 0 Å². The van der Waals surface area contributed by atoms with Gasteiger partial charge in [-0.25, -0.2) is 0 Å². The van der Waals surface area contributed by atoms with E-state index in [0.29, 0.717) is 5.92 Å². The van der Waals surface area contributed by atoms with Gasteiger partial charge in [-0.1, -0.05) is 42.0 Å². The van der Waals surface area contributed by atoms with Crippen LogP contribution in [0.4, 0.5) is 0 Å². The molecular formula is C15H24Cl2N2. The Balaban J connectivity index is 0.00000162. The molecule has 0 aliphatic carbocycles. The van der Waals surface area contributed by atoms with Crippen LogP contribution in [-0.4, -0.2) is 31.1 Å². The van der Waals surface area contributed by atoms with Gasteiger partial charge < -0.3 is 5.73 Å². The van der Waals surface area contributed by atoms with Crippen molar-refractivity contribution >= 4 is 30.9 Å². The topological polar surface area (TPSA) is 29.3 Å². The molecular weight excluding hydrogens is 279 g/mol. The average Bonchev–Trinajstić information content (AvgIpc) is 2.78. The Hall–Kier alpha value is -0.540. The summed E-state index contributed by atoms with van der Waals surface area (Å²) in [5.41, 5.74) is 8.43. The molecule has 0 aromatic heterocycles. The molecule has 108 valence electrons. The van der Waals surface area contributed by atoms with E-state index in [4.69, 9.17) is 5.73 Å². The molecule has 1 aliphatic heterocycles. The molecule has 0 amide bonds. The van der Waals surface area contributed by atoms with Crippen molar-refractivity contribution in [2.45, 2.75) is 13.3 Å². The van der Waals surface area contributed by atoms with Crippen LogP contribution in [0.1, 0.15) is 18.9 Å². The summed E-state index contributed by atoms with van der Waals surface area (Å²) < 4.78 is 0. The zero-order chi connectivity index (χ0) is 12.1. The first kappa shape index (κ1) is 18.5. The number of halogens is 2. The fourth-order valence-corrected chi connectivity index (χ4v) is 2.48. The molecule has 0 saturated carbocycles. The van der Waals surface area contributed by atoms with Gasteiger partial charge in [0, 0.05) is 13.1 Å². The normalized spacial score (nSPS) is 19.7. The van der Waals surface area contributed by atoms with E-state index in [1.165, 1.54) is 24.1 Å². The van der Waals surface area contributed by atoms with Crippen LogP contribution < -0.4 is 5.73 Å². The van der Waals surface area contributed by atoms with Crippen molar-refractivity contribution in [3.8, 4) is 0 Å². The van der Waals surface area contributed by atoms with Gasteiger partial charge in [0.15, 0.2) is 0 Å². The van der Waals surface area contributed by atoms with Gasteiger partial charge in [-0.15, -0.1) is 24.8 Å². The highest BCUT2D eigenvalue weighted by Gasteiger charge is 2.20. The van der Waals surface area contributed by atoms with E-state index in [1.54, 1.807) is 0 Å². The molecule has 0 spiro atoms. The Kier molecular flexibility index (Phi) is 9.11. The number of nitrogens with zero attached hydrogens (tertiary/aromatic N) is 1. The molecule has 2 nitrogen and oxygen atoms in total. The van der Waals surface area contributed by atoms with Crippen molar-refractivity contribution in [1.29, 1.82) is 0 Å². The Bertz CT molecular complexity index is 379. The Labute approximate surface area is 128 Å². The summed E-state index contributed by atoms with van der Waals surface area (Å²) in [6, 6.07) is 10.5. The summed E-state index contributed by atoms with van der Waals surface area (Å²) in [6.45, 7) is 6.48. The number of rotatable bonds is 4. The highest BCUT2D eigenvalue weighted by molar-refractivity contribution is 5.85. The van der Waals surface area contributed by atoms with E-state index in [1.807, 2.05) is 0 Å². The van der Waals surface area contributed by atoms with Gasteiger partial charge >= 0.3 is 0 Å². The maximum atomic E-state index is 5.71. The zero-order valence-electron chi connectivity index (χ0n) is 11.4. The second kappa shape index (κ2) is 9.38.